The Kier molecular flexibility index (Phi) is 6.49. The Hall–Kier alpha value is -3.22. The number of nitrogens with zero attached hydrogens (tertiary/aromatic N) is 2. The van der Waals surface area contributed by atoms with E-state index in [0.29, 0.717) is 19.7 Å². The normalized spacial score (nSPS) is 23.2. The number of carbonyl (C=O) groups is 3. The molecule has 2 heterocycles. The van der Waals surface area contributed by atoms with Gasteiger partial charge in [0.25, 0.3) is 0 Å². The Bertz CT molecular complexity index is 1070. The summed E-state index contributed by atoms with van der Waals surface area (Å²) in [6, 6.07) is 13.8. The van der Waals surface area contributed by atoms with Crippen LogP contribution in [0.3, 0.4) is 0 Å². The minimum atomic E-state index is -1.50. The number of likely N-dealkylation sites (tertiary alicyclic amines) is 2. The minimum Gasteiger partial charge on any atom is -0.493 e. The van der Waals surface area contributed by atoms with E-state index in [1.54, 1.807) is 11.0 Å². The Morgan fingerprint density at radius 1 is 1.18 bits per heavy atom. The van der Waals surface area contributed by atoms with Crippen LogP contribution in [0.4, 0.5) is 4.39 Å². The van der Waals surface area contributed by atoms with Crippen molar-refractivity contribution in [3.8, 4) is 5.75 Å². The molecular formula is C26H29FN2O4. The van der Waals surface area contributed by atoms with Crippen LogP contribution in [0.25, 0.3) is 0 Å². The van der Waals surface area contributed by atoms with Gasteiger partial charge in [-0.3, -0.25) is 19.3 Å². The van der Waals surface area contributed by atoms with Gasteiger partial charge in [-0.05, 0) is 43.5 Å². The van der Waals surface area contributed by atoms with Gasteiger partial charge in [0.2, 0.25) is 17.7 Å². The molecule has 0 bridgehead atoms. The van der Waals surface area contributed by atoms with Crippen molar-refractivity contribution in [3.63, 3.8) is 0 Å². The Labute approximate surface area is 193 Å². The zero-order valence-electron chi connectivity index (χ0n) is 19.1. The van der Waals surface area contributed by atoms with E-state index >= 15 is 0 Å². The van der Waals surface area contributed by atoms with E-state index < -0.39 is 23.0 Å². The first-order chi connectivity index (χ1) is 15.8. The summed E-state index contributed by atoms with van der Waals surface area (Å²) in [4.78, 5) is 41.6. The molecule has 0 radical (unpaired) electrons. The molecule has 3 amide bonds. The molecule has 0 aromatic heterocycles. The number of halogens is 1. The van der Waals surface area contributed by atoms with Gasteiger partial charge in [-0.25, -0.2) is 4.39 Å². The number of imide groups is 1. The highest BCUT2D eigenvalue weighted by molar-refractivity contribution is 6.10. The third-order valence-corrected chi connectivity index (χ3v) is 6.73. The van der Waals surface area contributed by atoms with Crippen LogP contribution in [0.2, 0.25) is 0 Å². The highest BCUT2D eigenvalue weighted by atomic mass is 19.1. The summed E-state index contributed by atoms with van der Waals surface area (Å²) in [6.45, 7) is 3.58. The SMILES string of the molecule is Cc1cccc(OC[C@@H]2CCCN(C(=O)C[C@@]3(c4ccccc4F)CC(=O)N(C)C3=O)C2)c1. The molecule has 2 atom stereocenters. The molecule has 2 aromatic rings. The topological polar surface area (TPSA) is 66.9 Å². The van der Waals surface area contributed by atoms with Crippen molar-refractivity contribution in [1.82, 2.24) is 9.80 Å². The molecule has 33 heavy (non-hydrogen) atoms. The fourth-order valence-electron chi connectivity index (χ4n) is 4.90. The van der Waals surface area contributed by atoms with Crippen LogP contribution in [-0.2, 0) is 19.8 Å². The number of rotatable bonds is 6. The lowest BCUT2D eigenvalue weighted by Crippen LogP contribution is -2.46. The van der Waals surface area contributed by atoms with Gasteiger partial charge in [-0.1, -0.05) is 30.3 Å². The Morgan fingerprint density at radius 3 is 2.67 bits per heavy atom. The predicted molar refractivity (Wildman–Crippen MR) is 121 cm³/mol. The number of hydrogen-bond donors (Lipinski definition) is 0. The van der Waals surface area contributed by atoms with Crippen molar-refractivity contribution < 1.29 is 23.5 Å². The second kappa shape index (κ2) is 9.33. The Balaban J connectivity index is 1.48. The second-order valence-corrected chi connectivity index (χ2v) is 9.15. The molecule has 0 spiro atoms. The number of carbonyl (C=O) groups excluding carboxylic acids is 3. The van der Waals surface area contributed by atoms with Crippen molar-refractivity contribution in [3.05, 3.63) is 65.5 Å². The average molecular weight is 453 g/mol. The quantitative estimate of drug-likeness (QED) is 0.630. The summed E-state index contributed by atoms with van der Waals surface area (Å²) in [5.74, 6) is -0.785. The first-order valence-corrected chi connectivity index (χ1v) is 11.3. The van der Waals surface area contributed by atoms with Crippen molar-refractivity contribution in [2.24, 2.45) is 5.92 Å². The fraction of sp³-hybridized carbons (Fsp3) is 0.423. The Morgan fingerprint density at radius 2 is 1.97 bits per heavy atom. The highest BCUT2D eigenvalue weighted by Gasteiger charge is 2.54. The van der Waals surface area contributed by atoms with Gasteiger partial charge in [0.15, 0.2) is 0 Å². The van der Waals surface area contributed by atoms with E-state index in [9.17, 15) is 18.8 Å². The van der Waals surface area contributed by atoms with Gasteiger partial charge in [0.05, 0.1) is 12.0 Å². The van der Waals surface area contributed by atoms with Gasteiger partial charge in [-0.15, -0.1) is 0 Å². The van der Waals surface area contributed by atoms with Gasteiger partial charge >= 0.3 is 0 Å². The number of aryl methyl sites for hydroxylation is 1. The monoisotopic (exact) mass is 452 g/mol. The smallest absolute Gasteiger partial charge is 0.240 e. The molecule has 0 saturated carbocycles. The molecule has 0 N–H and O–H groups in total. The van der Waals surface area contributed by atoms with E-state index in [1.165, 1.54) is 25.2 Å². The lowest BCUT2D eigenvalue weighted by Gasteiger charge is -2.35. The molecule has 2 aromatic carbocycles. The van der Waals surface area contributed by atoms with Crippen molar-refractivity contribution in [1.29, 1.82) is 0 Å². The second-order valence-electron chi connectivity index (χ2n) is 9.15. The average Bonchev–Trinajstić information content (AvgIpc) is 3.02. The zero-order chi connectivity index (χ0) is 23.6. The first-order valence-electron chi connectivity index (χ1n) is 11.3. The lowest BCUT2D eigenvalue weighted by atomic mass is 9.75. The standard InChI is InChI=1S/C26H29FN2O4/c1-18-7-5-9-20(13-18)33-17-19-8-6-12-29(16-19)24(31)15-26(14-23(30)28(2)25(26)32)21-10-3-4-11-22(21)27/h3-5,7,9-11,13,19H,6,8,12,14-17H2,1-2H3/t19-,26-/m1/s1. The summed E-state index contributed by atoms with van der Waals surface area (Å²) in [5.41, 5.74) is -0.274. The molecule has 2 aliphatic heterocycles. The first kappa shape index (κ1) is 23.0. The largest absolute Gasteiger partial charge is 0.493 e. The zero-order valence-corrected chi connectivity index (χ0v) is 19.1. The van der Waals surface area contributed by atoms with Crippen LogP contribution in [0.5, 0.6) is 5.75 Å². The summed E-state index contributed by atoms with van der Waals surface area (Å²) in [7, 11) is 1.39. The molecule has 0 unspecified atom stereocenters. The van der Waals surface area contributed by atoms with Crippen LogP contribution < -0.4 is 4.74 Å². The lowest BCUT2D eigenvalue weighted by molar-refractivity contribution is -0.142. The third-order valence-electron chi connectivity index (χ3n) is 6.73. The van der Waals surface area contributed by atoms with Crippen molar-refractivity contribution in [2.45, 2.75) is 38.0 Å². The maximum Gasteiger partial charge on any atom is 0.240 e. The maximum atomic E-state index is 14.7. The molecule has 174 valence electrons. The number of amides is 3. The number of benzene rings is 2. The molecule has 7 heteroatoms. The number of piperidine rings is 1. The summed E-state index contributed by atoms with van der Waals surface area (Å²) in [6.07, 6.45) is 1.33. The van der Waals surface area contributed by atoms with E-state index in [0.717, 1.165) is 29.1 Å². The van der Waals surface area contributed by atoms with Crippen LogP contribution in [0.15, 0.2) is 48.5 Å². The molecular weight excluding hydrogens is 423 g/mol. The highest BCUT2D eigenvalue weighted by Crippen LogP contribution is 2.41. The van der Waals surface area contributed by atoms with E-state index in [2.05, 4.69) is 0 Å². The van der Waals surface area contributed by atoms with E-state index in [-0.39, 0.29) is 30.2 Å². The predicted octanol–water partition coefficient (Wildman–Crippen LogP) is 3.47. The number of hydrogen-bond acceptors (Lipinski definition) is 4. The fourth-order valence-corrected chi connectivity index (χ4v) is 4.90. The summed E-state index contributed by atoms with van der Waals surface area (Å²) in [5, 5.41) is 0. The molecule has 4 rings (SSSR count). The van der Waals surface area contributed by atoms with Crippen LogP contribution in [-0.4, -0.2) is 54.3 Å². The number of ether oxygens (including phenoxy) is 1. The third kappa shape index (κ3) is 4.63. The summed E-state index contributed by atoms with van der Waals surface area (Å²) >= 11 is 0. The van der Waals surface area contributed by atoms with Crippen LogP contribution in [0.1, 0.15) is 36.8 Å². The van der Waals surface area contributed by atoms with Gasteiger partial charge in [-0.2, -0.15) is 0 Å². The minimum absolute atomic E-state index is 0.109. The van der Waals surface area contributed by atoms with Crippen molar-refractivity contribution >= 4 is 17.7 Å². The number of likely N-dealkylation sites (N-methyl/N-ethyl adjacent to an activating group) is 1. The molecule has 2 fully saturated rings. The molecule has 0 aliphatic carbocycles. The van der Waals surface area contributed by atoms with Crippen LogP contribution in [0, 0.1) is 18.7 Å². The van der Waals surface area contributed by atoms with E-state index in [4.69, 9.17) is 4.74 Å². The van der Waals surface area contributed by atoms with Gasteiger partial charge < -0.3 is 9.64 Å². The maximum absolute atomic E-state index is 14.7. The van der Waals surface area contributed by atoms with E-state index in [1.807, 2.05) is 31.2 Å². The van der Waals surface area contributed by atoms with Crippen LogP contribution >= 0.6 is 0 Å². The molecule has 2 aliphatic rings. The van der Waals surface area contributed by atoms with Crippen molar-refractivity contribution in [2.75, 3.05) is 26.7 Å². The molecule has 2 saturated heterocycles. The summed E-state index contributed by atoms with van der Waals surface area (Å²) < 4.78 is 20.7. The molecule has 6 nitrogen and oxygen atoms in total. The van der Waals surface area contributed by atoms with Gasteiger partial charge in [0.1, 0.15) is 11.6 Å². The van der Waals surface area contributed by atoms with Gasteiger partial charge in [0, 0.05) is 44.5 Å².